The second kappa shape index (κ2) is 7.13. The normalized spacial score (nSPS) is 11.3. The van der Waals surface area contributed by atoms with E-state index in [4.69, 9.17) is 0 Å². The van der Waals surface area contributed by atoms with Gasteiger partial charge >= 0.3 is 6.18 Å². The fourth-order valence-electron chi connectivity index (χ4n) is 2.22. The number of rotatable bonds is 5. The Kier molecular flexibility index (Phi) is 5.42. The summed E-state index contributed by atoms with van der Waals surface area (Å²) in [7, 11) is 0. The molecule has 0 N–H and O–H groups in total. The van der Waals surface area contributed by atoms with Crippen molar-refractivity contribution in [3.05, 3.63) is 81.8 Å². The Morgan fingerprint density at radius 2 is 1.87 bits per heavy atom. The van der Waals surface area contributed by atoms with Crippen LogP contribution in [0.3, 0.4) is 0 Å². The van der Waals surface area contributed by atoms with E-state index in [1.54, 1.807) is 18.2 Å². The predicted octanol–water partition coefficient (Wildman–Crippen LogP) is 5.36. The van der Waals surface area contributed by atoms with E-state index >= 15 is 0 Å². The lowest BCUT2D eigenvalue weighted by Gasteiger charge is -2.11. The topological polar surface area (TPSA) is 17.1 Å². The van der Waals surface area contributed by atoms with Crippen molar-refractivity contribution in [1.29, 1.82) is 0 Å². The average Bonchev–Trinajstić information content (AvgIpc) is 2.50. The lowest BCUT2D eigenvalue weighted by atomic mass is 9.99. The molecule has 0 aliphatic rings. The molecule has 0 atom stereocenters. The zero-order valence-electron chi connectivity index (χ0n) is 12.2. The van der Waals surface area contributed by atoms with Crippen LogP contribution in [0.4, 0.5) is 13.2 Å². The van der Waals surface area contributed by atoms with Crippen molar-refractivity contribution < 1.29 is 18.0 Å². The summed E-state index contributed by atoms with van der Waals surface area (Å²) in [5, 5.41) is 0. The van der Waals surface area contributed by atoms with Crippen LogP contribution in [-0.2, 0) is 23.8 Å². The first-order valence-corrected chi connectivity index (χ1v) is 7.67. The highest BCUT2D eigenvalue weighted by atomic mass is 79.9. The summed E-state index contributed by atoms with van der Waals surface area (Å²) in [6.45, 7) is 3.43. The zero-order valence-corrected chi connectivity index (χ0v) is 13.7. The van der Waals surface area contributed by atoms with Crippen LogP contribution in [0.1, 0.15) is 22.3 Å². The Hall–Kier alpha value is -1.88. The number of carbonyl (C=O) groups is 1. The molecule has 0 amide bonds. The van der Waals surface area contributed by atoms with E-state index in [1.165, 1.54) is 12.1 Å². The van der Waals surface area contributed by atoms with Crippen LogP contribution in [0.15, 0.2) is 59.6 Å². The van der Waals surface area contributed by atoms with Gasteiger partial charge in [0, 0.05) is 10.9 Å². The van der Waals surface area contributed by atoms with Crippen molar-refractivity contribution in [2.45, 2.75) is 19.0 Å². The summed E-state index contributed by atoms with van der Waals surface area (Å²) < 4.78 is 39.1. The van der Waals surface area contributed by atoms with Crippen LogP contribution >= 0.6 is 15.9 Å². The Morgan fingerprint density at radius 3 is 2.52 bits per heavy atom. The first-order chi connectivity index (χ1) is 10.8. The van der Waals surface area contributed by atoms with Crippen LogP contribution in [0.25, 0.3) is 0 Å². The molecular weight excluding hydrogens is 369 g/mol. The molecule has 0 saturated heterocycles. The van der Waals surface area contributed by atoms with Crippen molar-refractivity contribution in [2.24, 2.45) is 0 Å². The number of ketones is 1. The van der Waals surface area contributed by atoms with Crippen molar-refractivity contribution in [2.75, 3.05) is 0 Å². The zero-order chi connectivity index (χ0) is 17.0. The van der Waals surface area contributed by atoms with Crippen molar-refractivity contribution in [1.82, 2.24) is 0 Å². The fraction of sp³-hybridized carbons (Fsp3) is 0.167. The van der Waals surface area contributed by atoms with E-state index in [0.717, 1.165) is 27.7 Å². The summed E-state index contributed by atoms with van der Waals surface area (Å²) in [4.78, 5) is 11.4. The number of benzene rings is 2. The predicted molar refractivity (Wildman–Crippen MR) is 87.3 cm³/mol. The van der Waals surface area contributed by atoms with Gasteiger partial charge < -0.3 is 0 Å². The lowest BCUT2D eigenvalue weighted by molar-refractivity contribution is -0.137. The van der Waals surface area contributed by atoms with Gasteiger partial charge in [0.1, 0.15) is 0 Å². The Balaban J connectivity index is 2.27. The highest BCUT2D eigenvalue weighted by Crippen LogP contribution is 2.30. The molecule has 2 aromatic carbocycles. The SMILES string of the molecule is C=CC(=O)Cc1ccc(Br)c(Cc2cccc(C(F)(F)F)c2)c1. The summed E-state index contributed by atoms with van der Waals surface area (Å²) in [5.41, 5.74) is 1.54. The van der Waals surface area contributed by atoms with Gasteiger partial charge in [-0.1, -0.05) is 52.8 Å². The minimum absolute atomic E-state index is 0.0997. The Labute approximate surface area is 141 Å². The quantitative estimate of drug-likeness (QED) is 0.636. The molecule has 0 aliphatic carbocycles. The maximum absolute atomic E-state index is 12.8. The number of carbonyl (C=O) groups excluding carboxylic acids is 1. The molecule has 0 heterocycles. The first-order valence-electron chi connectivity index (χ1n) is 6.88. The molecule has 0 radical (unpaired) electrons. The van der Waals surface area contributed by atoms with Gasteiger partial charge in [0.05, 0.1) is 5.56 Å². The van der Waals surface area contributed by atoms with Gasteiger partial charge in [-0.05, 0) is 41.3 Å². The summed E-state index contributed by atoms with van der Waals surface area (Å²) >= 11 is 3.40. The Bertz CT molecular complexity index is 735. The molecule has 120 valence electrons. The molecule has 0 aromatic heterocycles. The molecule has 23 heavy (non-hydrogen) atoms. The van der Waals surface area contributed by atoms with Gasteiger partial charge in [0.15, 0.2) is 5.78 Å². The third kappa shape index (κ3) is 4.79. The second-order valence-corrected chi connectivity index (χ2v) is 6.00. The summed E-state index contributed by atoms with van der Waals surface area (Å²) in [6, 6.07) is 10.7. The molecule has 2 aromatic rings. The van der Waals surface area contributed by atoms with E-state index in [0.29, 0.717) is 12.0 Å². The van der Waals surface area contributed by atoms with Crippen molar-refractivity contribution in [3.63, 3.8) is 0 Å². The molecule has 5 heteroatoms. The lowest BCUT2D eigenvalue weighted by Crippen LogP contribution is -2.05. The molecule has 0 fully saturated rings. The Morgan fingerprint density at radius 1 is 1.13 bits per heavy atom. The summed E-state index contributed by atoms with van der Waals surface area (Å²) in [6.07, 6.45) is -2.52. The van der Waals surface area contributed by atoms with E-state index in [1.807, 2.05) is 6.07 Å². The smallest absolute Gasteiger partial charge is 0.295 e. The van der Waals surface area contributed by atoms with E-state index < -0.39 is 11.7 Å². The standard InChI is InChI=1S/C18H14BrF3O/c1-2-16(23)11-13-6-7-17(19)14(9-13)8-12-4-3-5-15(10-12)18(20,21)22/h2-7,9-10H,1,8,11H2. The van der Waals surface area contributed by atoms with Crippen LogP contribution in [0.2, 0.25) is 0 Å². The maximum Gasteiger partial charge on any atom is 0.416 e. The number of allylic oxidation sites excluding steroid dienone is 1. The van der Waals surface area contributed by atoms with Gasteiger partial charge in [-0.3, -0.25) is 4.79 Å². The number of hydrogen-bond acceptors (Lipinski definition) is 1. The molecule has 0 bridgehead atoms. The van der Waals surface area contributed by atoms with Crippen molar-refractivity contribution in [3.8, 4) is 0 Å². The molecule has 0 unspecified atom stereocenters. The van der Waals surface area contributed by atoms with E-state index in [2.05, 4.69) is 22.5 Å². The fourth-order valence-corrected chi connectivity index (χ4v) is 2.61. The van der Waals surface area contributed by atoms with Crippen molar-refractivity contribution >= 4 is 21.7 Å². The van der Waals surface area contributed by atoms with Crippen LogP contribution in [0.5, 0.6) is 0 Å². The minimum Gasteiger partial charge on any atom is -0.295 e. The average molecular weight is 383 g/mol. The molecular formula is C18H14BrF3O. The van der Waals surface area contributed by atoms with Crippen LogP contribution in [-0.4, -0.2) is 5.78 Å². The highest BCUT2D eigenvalue weighted by molar-refractivity contribution is 9.10. The van der Waals surface area contributed by atoms with Gasteiger partial charge in [0.2, 0.25) is 0 Å². The largest absolute Gasteiger partial charge is 0.416 e. The van der Waals surface area contributed by atoms with E-state index in [-0.39, 0.29) is 12.2 Å². The molecule has 0 spiro atoms. The maximum atomic E-state index is 12.8. The van der Waals surface area contributed by atoms with Gasteiger partial charge in [-0.25, -0.2) is 0 Å². The molecule has 2 rings (SSSR count). The van der Waals surface area contributed by atoms with Crippen LogP contribution in [0, 0.1) is 0 Å². The van der Waals surface area contributed by atoms with Gasteiger partial charge in [-0.15, -0.1) is 0 Å². The second-order valence-electron chi connectivity index (χ2n) is 5.15. The van der Waals surface area contributed by atoms with E-state index in [9.17, 15) is 18.0 Å². The monoisotopic (exact) mass is 382 g/mol. The number of hydrogen-bond donors (Lipinski definition) is 0. The van der Waals surface area contributed by atoms with Gasteiger partial charge in [0.25, 0.3) is 0 Å². The number of alkyl halides is 3. The molecule has 1 nitrogen and oxygen atoms in total. The summed E-state index contributed by atoms with van der Waals surface area (Å²) in [5.74, 6) is -0.0997. The molecule has 0 aliphatic heterocycles. The third-order valence-electron chi connectivity index (χ3n) is 3.37. The third-order valence-corrected chi connectivity index (χ3v) is 4.14. The van der Waals surface area contributed by atoms with Gasteiger partial charge in [-0.2, -0.15) is 13.2 Å². The minimum atomic E-state index is -4.36. The number of halogens is 4. The first kappa shape index (κ1) is 17.5. The highest BCUT2D eigenvalue weighted by Gasteiger charge is 2.30. The molecule has 0 saturated carbocycles. The van der Waals surface area contributed by atoms with Crippen LogP contribution < -0.4 is 0 Å².